The molecule has 1 N–H and O–H groups in total. The number of carbonyl (C=O) groups excluding carboxylic acids is 1. The minimum atomic E-state index is -3.53. The third kappa shape index (κ3) is 3.95. The Kier molecular flexibility index (Phi) is 5.33. The first-order valence-electron chi connectivity index (χ1n) is 9.00. The second kappa shape index (κ2) is 7.94. The van der Waals surface area contributed by atoms with E-state index in [-0.39, 0.29) is 10.8 Å². The number of aromatic nitrogens is 2. The maximum absolute atomic E-state index is 12.5. The van der Waals surface area contributed by atoms with Crippen molar-refractivity contribution in [3.05, 3.63) is 72.4 Å². The fraction of sp³-hybridized carbons (Fsp3) is 0.0952. The molecule has 4 rings (SSSR count). The van der Waals surface area contributed by atoms with E-state index in [1.807, 2.05) is 30.3 Å². The number of hydrogen-bond donors (Lipinski definition) is 1. The van der Waals surface area contributed by atoms with Crippen molar-refractivity contribution in [2.24, 2.45) is 0 Å². The predicted octanol–water partition coefficient (Wildman–Crippen LogP) is 3.86. The Morgan fingerprint density at radius 3 is 2.37 bits per heavy atom. The van der Waals surface area contributed by atoms with Crippen molar-refractivity contribution in [2.75, 3.05) is 19.4 Å². The lowest BCUT2D eigenvalue weighted by Crippen LogP contribution is -2.22. The zero-order valence-corrected chi connectivity index (χ0v) is 17.9. The van der Waals surface area contributed by atoms with E-state index in [2.05, 4.69) is 15.3 Å². The maximum atomic E-state index is 12.5. The second-order valence-electron chi connectivity index (χ2n) is 6.68. The molecule has 0 fully saturated rings. The van der Waals surface area contributed by atoms with Crippen LogP contribution in [0.3, 0.4) is 0 Å². The topological polar surface area (TPSA) is 92.3 Å². The molecule has 0 aliphatic carbocycles. The molecule has 0 unspecified atom stereocenters. The van der Waals surface area contributed by atoms with Gasteiger partial charge in [-0.25, -0.2) is 22.7 Å². The summed E-state index contributed by atoms with van der Waals surface area (Å²) < 4.78 is 26.5. The van der Waals surface area contributed by atoms with Gasteiger partial charge in [0, 0.05) is 31.4 Å². The van der Waals surface area contributed by atoms with Crippen LogP contribution in [0.4, 0.5) is 5.82 Å². The zero-order valence-electron chi connectivity index (χ0n) is 16.2. The highest BCUT2D eigenvalue weighted by Crippen LogP contribution is 2.29. The summed E-state index contributed by atoms with van der Waals surface area (Å²) in [6, 6.07) is 17.2. The average molecular weight is 439 g/mol. The molecule has 7 nitrogen and oxygen atoms in total. The minimum Gasteiger partial charge on any atom is -0.307 e. The van der Waals surface area contributed by atoms with Gasteiger partial charge in [0.05, 0.1) is 15.1 Å². The van der Waals surface area contributed by atoms with E-state index in [1.165, 1.54) is 38.4 Å². The lowest BCUT2D eigenvalue weighted by atomic mass is 10.2. The molecule has 0 spiro atoms. The first-order valence-corrected chi connectivity index (χ1v) is 11.3. The van der Waals surface area contributed by atoms with Gasteiger partial charge in [0.1, 0.15) is 10.8 Å². The summed E-state index contributed by atoms with van der Waals surface area (Å²) in [6.07, 6.45) is 1.67. The molecule has 30 heavy (non-hydrogen) atoms. The highest BCUT2D eigenvalue weighted by molar-refractivity contribution is 7.89. The normalized spacial score (nSPS) is 11.7. The number of benzene rings is 2. The number of carbonyl (C=O) groups is 1. The molecule has 4 aromatic rings. The van der Waals surface area contributed by atoms with Crippen LogP contribution >= 0.6 is 11.3 Å². The largest absolute Gasteiger partial charge is 0.307 e. The number of rotatable bonds is 5. The molecule has 0 bridgehead atoms. The number of nitrogens with one attached hydrogen (secondary N) is 1. The van der Waals surface area contributed by atoms with Crippen LogP contribution in [0.5, 0.6) is 0 Å². The van der Waals surface area contributed by atoms with Crippen molar-refractivity contribution >= 4 is 43.3 Å². The Morgan fingerprint density at radius 1 is 1.00 bits per heavy atom. The molecule has 2 aromatic heterocycles. The number of pyridine rings is 1. The number of nitrogens with zero attached hydrogens (tertiary/aromatic N) is 3. The van der Waals surface area contributed by atoms with Gasteiger partial charge < -0.3 is 5.32 Å². The molecular formula is C21H18N4O3S2. The van der Waals surface area contributed by atoms with Crippen molar-refractivity contribution in [1.82, 2.24) is 14.3 Å². The molecule has 2 aromatic carbocycles. The monoisotopic (exact) mass is 438 g/mol. The van der Waals surface area contributed by atoms with Gasteiger partial charge in [0.2, 0.25) is 10.0 Å². The van der Waals surface area contributed by atoms with Crippen molar-refractivity contribution < 1.29 is 13.2 Å². The fourth-order valence-corrected chi connectivity index (χ4v) is 4.63. The lowest BCUT2D eigenvalue weighted by molar-refractivity contribution is 0.102. The summed E-state index contributed by atoms with van der Waals surface area (Å²) in [6.45, 7) is 0. The second-order valence-corrected chi connectivity index (χ2v) is 9.87. The fourth-order valence-electron chi connectivity index (χ4n) is 2.77. The number of anilines is 1. The van der Waals surface area contributed by atoms with Crippen LogP contribution in [-0.2, 0) is 10.0 Å². The summed E-state index contributed by atoms with van der Waals surface area (Å²) in [4.78, 5) is 21.5. The van der Waals surface area contributed by atoms with Crippen molar-refractivity contribution in [1.29, 1.82) is 0 Å². The van der Waals surface area contributed by atoms with E-state index in [0.717, 1.165) is 25.1 Å². The van der Waals surface area contributed by atoms with Crippen LogP contribution in [0.25, 0.3) is 20.8 Å². The van der Waals surface area contributed by atoms with Crippen molar-refractivity contribution in [2.45, 2.75) is 4.90 Å². The van der Waals surface area contributed by atoms with Crippen LogP contribution in [0, 0.1) is 0 Å². The van der Waals surface area contributed by atoms with Crippen LogP contribution in [0.1, 0.15) is 10.4 Å². The smallest absolute Gasteiger partial charge is 0.256 e. The van der Waals surface area contributed by atoms with Crippen molar-refractivity contribution in [3.8, 4) is 10.6 Å². The summed E-state index contributed by atoms with van der Waals surface area (Å²) in [5.41, 5.74) is 2.15. The van der Waals surface area contributed by atoms with Gasteiger partial charge in [-0.15, -0.1) is 11.3 Å². The maximum Gasteiger partial charge on any atom is 0.256 e. The summed E-state index contributed by atoms with van der Waals surface area (Å²) in [5, 5.41) is 3.58. The van der Waals surface area contributed by atoms with Crippen molar-refractivity contribution in [3.63, 3.8) is 0 Å². The number of sulfonamides is 1. The van der Waals surface area contributed by atoms with Gasteiger partial charge in [-0.1, -0.05) is 12.1 Å². The number of thiazole rings is 1. The van der Waals surface area contributed by atoms with E-state index in [9.17, 15) is 13.2 Å². The lowest BCUT2D eigenvalue weighted by Gasteiger charge is -2.11. The van der Waals surface area contributed by atoms with E-state index in [4.69, 9.17) is 0 Å². The summed E-state index contributed by atoms with van der Waals surface area (Å²) in [7, 11) is -0.619. The molecule has 0 radical (unpaired) electrons. The molecule has 0 atom stereocenters. The molecule has 0 saturated carbocycles. The van der Waals surface area contributed by atoms with Gasteiger partial charge in [-0.2, -0.15) is 0 Å². The number of para-hydroxylation sites is 1. The van der Waals surface area contributed by atoms with Crippen LogP contribution in [0.2, 0.25) is 0 Å². The number of hydrogen-bond acceptors (Lipinski definition) is 6. The summed E-state index contributed by atoms with van der Waals surface area (Å²) in [5.74, 6) is 0.0267. The third-order valence-corrected chi connectivity index (χ3v) is 7.36. The molecule has 1 amide bonds. The van der Waals surface area contributed by atoms with E-state index < -0.39 is 10.0 Å². The van der Waals surface area contributed by atoms with Crippen LogP contribution in [-0.4, -0.2) is 42.7 Å². The standard InChI is InChI=1S/C21H18N4O3S2/c1-25(2)30(27,28)16-10-7-14(8-11-16)20(26)24-19-12-9-15(13-22-19)21-23-17-5-3-4-6-18(17)29-21/h3-13H,1-2H3,(H,22,24,26). The molecule has 0 aliphatic rings. The Bertz CT molecular complexity index is 1280. The molecule has 0 saturated heterocycles. The summed E-state index contributed by atoms with van der Waals surface area (Å²) >= 11 is 1.58. The van der Waals surface area contributed by atoms with Gasteiger partial charge in [0.25, 0.3) is 5.91 Å². The van der Waals surface area contributed by atoms with Gasteiger partial charge in [-0.3, -0.25) is 4.79 Å². The molecular weight excluding hydrogens is 420 g/mol. The Morgan fingerprint density at radius 2 is 1.73 bits per heavy atom. The quantitative estimate of drug-likeness (QED) is 0.511. The molecule has 2 heterocycles. The van der Waals surface area contributed by atoms with Gasteiger partial charge >= 0.3 is 0 Å². The minimum absolute atomic E-state index is 0.127. The average Bonchev–Trinajstić information content (AvgIpc) is 3.18. The van der Waals surface area contributed by atoms with E-state index in [0.29, 0.717) is 11.4 Å². The Labute approximate surface area is 178 Å². The molecule has 152 valence electrons. The van der Waals surface area contributed by atoms with E-state index in [1.54, 1.807) is 23.6 Å². The SMILES string of the molecule is CN(C)S(=O)(=O)c1ccc(C(=O)Nc2ccc(-c3nc4ccccc4s3)cn2)cc1. The molecule has 0 aliphatic heterocycles. The number of fused-ring (bicyclic) bond motifs is 1. The van der Waals surface area contributed by atoms with Gasteiger partial charge in [0.15, 0.2) is 0 Å². The predicted molar refractivity (Wildman–Crippen MR) is 118 cm³/mol. The van der Waals surface area contributed by atoms with Crippen LogP contribution < -0.4 is 5.32 Å². The number of amides is 1. The first kappa shape index (κ1) is 20.1. The third-order valence-electron chi connectivity index (χ3n) is 4.44. The Balaban J connectivity index is 1.48. The highest BCUT2D eigenvalue weighted by Gasteiger charge is 2.17. The molecule has 9 heteroatoms. The zero-order chi connectivity index (χ0) is 21.3. The van der Waals surface area contributed by atoms with Crippen LogP contribution in [0.15, 0.2) is 71.8 Å². The highest BCUT2D eigenvalue weighted by atomic mass is 32.2. The Hall–Kier alpha value is -3.14. The van der Waals surface area contributed by atoms with Gasteiger partial charge in [-0.05, 0) is 48.5 Å². The first-order chi connectivity index (χ1) is 14.3. The van der Waals surface area contributed by atoms with E-state index >= 15 is 0 Å².